The van der Waals surface area contributed by atoms with Gasteiger partial charge in [0.2, 0.25) is 0 Å². The van der Waals surface area contributed by atoms with Crippen molar-refractivity contribution in [3.05, 3.63) is 46.9 Å². The molecule has 0 amide bonds. The maximum Gasteiger partial charge on any atom is 0.339 e. The average Bonchev–Trinajstić information content (AvgIpc) is 2.94. The van der Waals surface area contributed by atoms with Gasteiger partial charge in [0.05, 0.1) is 6.26 Å². The number of furan rings is 1. The lowest BCUT2D eigenvalue weighted by Gasteiger charge is -2.21. The second kappa shape index (κ2) is 5.92. The van der Waals surface area contributed by atoms with Gasteiger partial charge in [-0.15, -0.1) is 0 Å². The molecule has 0 radical (unpaired) electrons. The maximum atomic E-state index is 11.7. The normalized spacial score (nSPS) is 16.0. The first-order chi connectivity index (χ1) is 10.2. The number of halogens is 1. The molecule has 2 heterocycles. The van der Waals surface area contributed by atoms with Gasteiger partial charge in [0.1, 0.15) is 11.3 Å². The van der Waals surface area contributed by atoms with Crippen LogP contribution in [-0.4, -0.2) is 24.2 Å². The summed E-state index contributed by atoms with van der Waals surface area (Å²) in [4.78, 5) is 11.7. The highest BCUT2D eigenvalue weighted by Gasteiger charge is 2.28. The molecule has 4 nitrogen and oxygen atoms in total. The standard InChI is InChI=1S/C16H16ClNO3/c17-12-3-1-10(2-4-12)13-9-21-15(14(13)16(19)20)11-5-7-18-8-6-11/h1-4,9,11,18H,5-8H2,(H,19,20). The predicted octanol–water partition coefficient (Wildman–Crippen LogP) is 3.77. The van der Waals surface area contributed by atoms with Crippen LogP contribution in [0.5, 0.6) is 0 Å². The van der Waals surface area contributed by atoms with Crippen molar-refractivity contribution < 1.29 is 14.3 Å². The number of piperidine rings is 1. The van der Waals surface area contributed by atoms with Crippen molar-refractivity contribution >= 4 is 17.6 Å². The van der Waals surface area contributed by atoms with E-state index in [1.165, 1.54) is 0 Å². The van der Waals surface area contributed by atoms with Gasteiger partial charge >= 0.3 is 5.97 Å². The summed E-state index contributed by atoms with van der Waals surface area (Å²) in [5.41, 5.74) is 1.71. The number of rotatable bonds is 3. The van der Waals surface area contributed by atoms with E-state index >= 15 is 0 Å². The zero-order valence-corrected chi connectivity index (χ0v) is 12.2. The van der Waals surface area contributed by atoms with Crippen LogP contribution in [0.4, 0.5) is 0 Å². The summed E-state index contributed by atoms with van der Waals surface area (Å²) in [6.45, 7) is 1.78. The Kier molecular flexibility index (Phi) is 3.99. The Bertz CT molecular complexity index is 642. The lowest BCUT2D eigenvalue weighted by Crippen LogP contribution is -2.27. The second-order valence-electron chi connectivity index (χ2n) is 5.22. The van der Waals surface area contributed by atoms with E-state index in [-0.39, 0.29) is 11.5 Å². The van der Waals surface area contributed by atoms with Gasteiger partial charge in [0.15, 0.2) is 0 Å². The van der Waals surface area contributed by atoms with Gasteiger partial charge < -0.3 is 14.8 Å². The molecule has 0 spiro atoms. The molecule has 1 aliphatic heterocycles. The molecule has 1 fully saturated rings. The molecule has 2 aromatic rings. The van der Waals surface area contributed by atoms with Crippen LogP contribution in [0.3, 0.4) is 0 Å². The molecule has 21 heavy (non-hydrogen) atoms. The summed E-state index contributed by atoms with van der Waals surface area (Å²) in [6.07, 6.45) is 3.34. The smallest absolute Gasteiger partial charge is 0.339 e. The Hall–Kier alpha value is -1.78. The van der Waals surface area contributed by atoms with E-state index in [9.17, 15) is 9.90 Å². The Morgan fingerprint density at radius 1 is 1.24 bits per heavy atom. The van der Waals surface area contributed by atoms with Crippen molar-refractivity contribution in [1.29, 1.82) is 0 Å². The first-order valence-electron chi connectivity index (χ1n) is 6.98. The van der Waals surface area contributed by atoms with Crippen LogP contribution in [0.25, 0.3) is 11.1 Å². The third-order valence-corrected chi connectivity index (χ3v) is 4.15. The fourth-order valence-electron chi connectivity index (χ4n) is 2.82. The molecule has 0 aliphatic carbocycles. The summed E-state index contributed by atoms with van der Waals surface area (Å²) in [7, 11) is 0. The van der Waals surface area contributed by atoms with Crippen LogP contribution in [0.15, 0.2) is 34.9 Å². The van der Waals surface area contributed by atoms with Crippen molar-refractivity contribution in [2.24, 2.45) is 0 Å². The van der Waals surface area contributed by atoms with Crippen LogP contribution >= 0.6 is 11.6 Å². The molecule has 3 rings (SSSR count). The Morgan fingerprint density at radius 3 is 2.52 bits per heavy atom. The van der Waals surface area contributed by atoms with E-state index in [4.69, 9.17) is 16.0 Å². The number of carboxylic acids is 1. The van der Waals surface area contributed by atoms with Gasteiger partial charge in [-0.1, -0.05) is 23.7 Å². The van der Waals surface area contributed by atoms with E-state index in [1.54, 1.807) is 18.4 Å². The van der Waals surface area contributed by atoms with Crippen LogP contribution in [0, 0.1) is 0 Å². The van der Waals surface area contributed by atoms with Gasteiger partial charge in [0.25, 0.3) is 0 Å². The minimum Gasteiger partial charge on any atom is -0.478 e. The molecule has 0 atom stereocenters. The zero-order chi connectivity index (χ0) is 14.8. The quantitative estimate of drug-likeness (QED) is 0.906. The minimum absolute atomic E-state index is 0.165. The monoisotopic (exact) mass is 305 g/mol. The van der Waals surface area contributed by atoms with Crippen molar-refractivity contribution in [3.8, 4) is 11.1 Å². The first kappa shape index (κ1) is 14.2. The van der Waals surface area contributed by atoms with Crippen molar-refractivity contribution in [2.75, 3.05) is 13.1 Å². The second-order valence-corrected chi connectivity index (χ2v) is 5.66. The fraction of sp³-hybridized carbons (Fsp3) is 0.312. The molecule has 110 valence electrons. The van der Waals surface area contributed by atoms with Crippen molar-refractivity contribution in [2.45, 2.75) is 18.8 Å². The first-order valence-corrected chi connectivity index (χ1v) is 7.36. The summed E-state index contributed by atoms with van der Waals surface area (Å²) < 4.78 is 5.64. The highest BCUT2D eigenvalue weighted by atomic mass is 35.5. The lowest BCUT2D eigenvalue weighted by atomic mass is 9.91. The number of hydrogen-bond donors (Lipinski definition) is 2. The Balaban J connectivity index is 2.03. The van der Waals surface area contributed by atoms with Gasteiger partial charge in [-0.3, -0.25) is 0 Å². The van der Waals surface area contributed by atoms with E-state index in [1.807, 2.05) is 12.1 Å². The Morgan fingerprint density at radius 2 is 1.90 bits per heavy atom. The summed E-state index contributed by atoms with van der Waals surface area (Å²) in [5.74, 6) is -0.186. The van der Waals surface area contributed by atoms with Crippen molar-refractivity contribution in [3.63, 3.8) is 0 Å². The third kappa shape index (κ3) is 2.82. The van der Waals surface area contributed by atoms with Crippen LogP contribution in [0.2, 0.25) is 5.02 Å². The molecule has 5 heteroatoms. The lowest BCUT2D eigenvalue weighted by molar-refractivity contribution is 0.0694. The molecule has 2 N–H and O–H groups in total. The number of benzene rings is 1. The predicted molar refractivity (Wildman–Crippen MR) is 81.0 cm³/mol. The molecule has 0 saturated carbocycles. The maximum absolute atomic E-state index is 11.7. The fourth-order valence-corrected chi connectivity index (χ4v) is 2.95. The molecule has 1 saturated heterocycles. The van der Waals surface area contributed by atoms with E-state index in [0.29, 0.717) is 16.3 Å². The number of carboxylic acid groups (broad SMARTS) is 1. The van der Waals surface area contributed by atoms with Crippen molar-refractivity contribution in [1.82, 2.24) is 5.32 Å². The largest absolute Gasteiger partial charge is 0.478 e. The summed E-state index contributed by atoms with van der Waals surface area (Å²) in [5, 5.41) is 13.5. The van der Waals surface area contributed by atoms with Gasteiger partial charge in [-0.25, -0.2) is 4.79 Å². The highest BCUT2D eigenvalue weighted by Crippen LogP contribution is 2.36. The van der Waals surface area contributed by atoms with E-state index < -0.39 is 5.97 Å². The molecular formula is C16H16ClNO3. The third-order valence-electron chi connectivity index (χ3n) is 3.90. The SMILES string of the molecule is O=C(O)c1c(-c2ccc(Cl)cc2)coc1C1CCNCC1. The van der Waals surface area contributed by atoms with Crippen LogP contribution < -0.4 is 5.32 Å². The Labute approximate surface area is 127 Å². The number of nitrogens with one attached hydrogen (secondary N) is 1. The summed E-state index contributed by atoms with van der Waals surface area (Å²) in [6, 6.07) is 7.12. The molecule has 0 bridgehead atoms. The zero-order valence-electron chi connectivity index (χ0n) is 11.4. The summed E-state index contributed by atoms with van der Waals surface area (Å²) >= 11 is 5.88. The molecular weight excluding hydrogens is 290 g/mol. The number of carbonyl (C=O) groups is 1. The average molecular weight is 306 g/mol. The molecule has 0 unspecified atom stereocenters. The highest BCUT2D eigenvalue weighted by molar-refractivity contribution is 6.30. The molecule has 1 aliphatic rings. The van der Waals surface area contributed by atoms with E-state index in [0.717, 1.165) is 31.5 Å². The topological polar surface area (TPSA) is 62.5 Å². The number of hydrogen-bond acceptors (Lipinski definition) is 3. The van der Waals surface area contributed by atoms with Gasteiger partial charge in [-0.2, -0.15) is 0 Å². The van der Waals surface area contributed by atoms with Gasteiger partial charge in [0, 0.05) is 16.5 Å². The van der Waals surface area contributed by atoms with Crippen LogP contribution in [0.1, 0.15) is 34.9 Å². The molecule has 1 aromatic heterocycles. The molecule has 1 aromatic carbocycles. The van der Waals surface area contributed by atoms with Gasteiger partial charge in [-0.05, 0) is 43.6 Å². The van der Waals surface area contributed by atoms with E-state index in [2.05, 4.69) is 5.32 Å². The number of aromatic carboxylic acids is 1. The minimum atomic E-state index is -0.942. The van der Waals surface area contributed by atoms with Crippen LogP contribution in [-0.2, 0) is 0 Å².